The fourth-order valence-corrected chi connectivity index (χ4v) is 2.42. The van der Waals surface area contributed by atoms with Crippen LogP contribution in [0.4, 0.5) is 0 Å². The summed E-state index contributed by atoms with van der Waals surface area (Å²) in [5, 5.41) is 14.9. The average molecular weight is 306 g/mol. The van der Waals surface area contributed by atoms with Gasteiger partial charge in [-0.05, 0) is 11.4 Å². The van der Waals surface area contributed by atoms with Crippen LogP contribution in [-0.2, 0) is 11.3 Å². The second-order valence-corrected chi connectivity index (χ2v) is 5.04. The smallest absolute Gasteiger partial charge is 0.358 e. The zero-order valence-electron chi connectivity index (χ0n) is 10.9. The van der Waals surface area contributed by atoms with E-state index in [2.05, 4.69) is 10.1 Å². The van der Waals surface area contributed by atoms with Crippen molar-refractivity contribution in [3.8, 4) is 22.2 Å². The maximum atomic E-state index is 11.3. The summed E-state index contributed by atoms with van der Waals surface area (Å²) in [5.74, 6) is -0.406. The van der Waals surface area contributed by atoms with Crippen LogP contribution in [0.2, 0.25) is 0 Å². The van der Waals surface area contributed by atoms with Gasteiger partial charge in [0.1, 0.15) is 6.61 Å². The highest BCUT2D eigenvalue weighted by Crippen LogP contribution is 2.31. The van der Waals surface area contributed by atoms with E-state index in [1.807, 2.05) is 11.4 Å². The van der Waals surface area contributed by atoms with Gasteiger partial charge in [-0.3, -0.25) is 0 Å². The van der Waals surface area contributed by atoms with Crippen molar-refractivity contribution in [1.29, 1.82) is 0 Å². The SMILES string of the molecule is COCc1cc(-c2oc(-c3cccs3)nc2C(=O)O)no1. The summed E-state index contributed by atoms with van der Waals surface area (Å²) in [6.07, 6.45) is 0. The zero-order valence-corrected chi connectivity index (χ0v) is 11.7. The molecule has 7 nitrogen and oxygen atoms in total. The minimum Gasteiger partial charge on any atom is -0.476 e. The molecule has 0 saturated heterocycles. The van der Waals surface area contributed by atoms with E-state index >= 15 is 0 Å². The largest absolute Gasteiger partial charge is 0.476 e. The van der Waals surface area contributed by atoms with Gasteiger partial charge in [0.15, 0.2) is 22.9 Å². The summed E-state index contributed by atoms with van der Waals surface area (Å²) in [6.45, 7) is 0.237. The summed E-state index contributed by atoms with van der Waals surface area (Å²) in [6, 6.07) is 5.19. The van der Waals surface area contributed by atoms with Gasteiger partial charge in [0.2, 0.25) is 5.89 Å². The zero-order chi connectivity index (χ0) is 14.8. The van der Waals surface area contributed by atoms with Gasteiger partial charge in [-0.2, -0.15) is 0 Å². The Balaban J connectivity index is 2.05. The molecule has 0 aliphatic heterocycles. The van der Waals surface area contributed by atoms with Gasteiger partial charge < -0.3 is 18.8 Å². The Morgan fingerprint density at radius 2 is 2.38 bits per heavy atom. The summed E-state index contributed by atoms with van der Waals surface area (Å²) < 4.78 is 15.5. The molecule has 8 heteroatoms. The number of nitrogens with zero attached hydrogens (tertiary/aromatic N) is 2. The predicted octanol–water partition coefficient (Wildman–Crippen LogP) is 2.90. The average Bonchev–Trinajstić information content (AvgIpc) is 3.18. The topological polar surface area (TPSA) is 98.6 Å². The third-order valence-corrected chi connectivity index (χ3v) is 3.50. The van der Waals surface area contributed by atoms with Gasteiger partial charge in [0.25, 0.3) is 0 Å². The first-order valence-electron chi connectivity index (χ1n) is 5.92. The van der Waals surface area contributed by atoms with Gasteiger partial charge in [0, 0.05) is 13.2 Å². The van der Waals surface area contributed by atoms with Crippen molar-refractivity contribution in [3.05, 3.63) is 35.0 Å². The predicted molar refractivity (Wildman–Crippen MR) is 73.0 cm³/mol. The number of methoxy groups -OCH3 is 1. The molecular weight excluding hydrogens is 296 g/mol. The molecule has 0 amide bonds. The lowest BCUT2D eigenvalue weighted by Crippen LogP contribution is -1.98. The van der Waals surface area contributed by atoms with Crippen molar-refractivity contribution in [2.45, 2.75) is 6.61 Å². The first kappa shape index (κ1) is 13.5. The molecule has 0 radical (unpaired) electrons. The third-order valence-electron chi connectivity index (χ3n) is 2.64. The maximum Gasteiger partial charge on any atom is 0.358 e. The highest BCUT2D eigenvalue weighted by Gasteiger charge is 2.24. The molecule has 1 N–H and O–H groups in total. The van der Waals surface area contributed by atoms with Crippen LogP contribution in [0, 0.1) is 0 Å². The molecule has 0 fully saturated rings. The molecule has 21 heavy (non-hydrogen) atoms. The Bertz CT molecular complexity index is 759. The molecule has 3 aromatic rings. The summed E-state index contributed by atoms with van der Waals surface area (Å²) in [7, 11) is 1.52. The van der Waals surface area contributed by atoms with E-state index in [0.717, 1.165) is 4.88 Å². The molecule has 0 spiro atoms. The van der Waals surface area contributed by atoms with E-state index in [9.17, 15) is 9.90 Å². The first-order valence-corrected chi connectivity index (χ1v) is 6.80. The minimum atomic E-state index is -1.19. The number of ether oxygens (including phenoxy) is 1. The molecule has 3 rings (SSSR count). The Morgan fingerprint density at radius 1 is 1.52 bits per heavy atom. The second kappa shape index (κ2) is 5.51. The number of hydrogen-bond donors (Lipinski definition) is 1. The van der Waals surface area contributed by atoms with Crippen LogP contribution in [0.15, 0.2) is 32.5 Å². The molecule has 0 bridgehead atoms. The number of hydrogen-bond acceptors (Lipinski definition) is 7. The van der Waals surface area contributed by atoms with Gasteiger partial charge in [0.05, 0.1) is 4.88 Å². The number of carbonyl (C=O) groups is 1. The third kappa shape index (κ3) is 2.58. The number of aromatic carboxylic acids is 1. The standard InChI is InChI=1S/C13H10N2O5S/c1-18-6-7-5-8(15-20-7)11-10(13(16)17)14-12(19-11)9-3-2-4-21-9/h2-5H,6H2,1H3,(H,16,17). The lowest BCUT2D eigenvalue weighted by molar-refractivity contribution is 0.0691. The van der Waals surface area contributed by atoms with Crippen LogP contribution in [-0.4, -0.2) is 28.3 Å². The molecular formula is C13H10N2O5S. The van der Waals surface area contributed by atoms with Crippen LogP contribution in [0.5, 0.6) is 0 Å². The normalized spacial score (nSPS) is 10.9. The van der Waals surface area contributed by atoms with Gasteiger partial charge in [-0.25, -0.2) is 9.78 Å². The van der Waals surface area contributed by atoms with Crippen LogP contribution in [0.1, 0.15) is 16.2 Å². The number of rotatable bonds is 5. The molecule has 0 aliphatic rings. The van der Waals surface area contributed by atoms with E-state index in [0.29, 0.717) is 5.76 Å². The van der Waals surface area contributed by atoms with Gasteiger partial charge in [-0.15, -0.1) is 11.3 Å². The maximum absolute atomic E-state index is 11.3. The molecule has 0 unspecified atom stereocenters. The first-order chi connectivity index (χ1) is 10.2. The van der Waals surface area contributed by atoms with Crippen molar-refractivity contribution in [1.82, 2.24) is 10.1 Å². The molecule has 0 atom stereocenters. The molecule has 0 saturated carbocycles. The molecule has 0 aliphatic carbocycles. The number of carboxylic acid groups (broad SMARTS) is 1. The summed E-state index contributed by atoms with van der Waals surface area (Å²) in [4.78, 5) is 16.1. The quantitative estimate of drug-likeness (QED) is 0.773. The Labute approximate surface area is 122 Å². The van der Waals surface area contributed by atoms with Crippen molar-refractivity contribution in [3.63, 3.8) is 0 Å². The monoisotopic (exact) mass is 306 g/mol. The number of oxazole rings is 1. The van der Waals surface area contributed by atoms with Gasteiger partial charge in [-0.1, -0.05) is 11.2 Å². The van der Waals surface area contributed by atoms with Crippen molar-refractivity contribution in [2.24, 2.45) is 0 Å². The fraction of sp³-hybridized carbons (Fsp3) is 0.154. The van der Waals surface area contributed by atoms with Crippen LogP contribution >= 0.6 is 11.3 Å². The van der Waals surface area contributed by atoms with Crippen LogP contribution in [0.25, 0.3) is 22.2 Å². The van der Waals surface area contributed by atoms with E-state index in [1.54, 1.807) is 12.1 Å². The highest BCUT2D eigenvalue weighted by atomic mass is 32.1. The van der Waals surface area contributed by atoms with E-state index < -0.39 is 5.97 Å². The molecule has 108 valence electrons. The summed E-state index contributed by atoms with van der Waals surface area (Å²) in [5.41, 5.74) is 0.0745. The van der Waals surface area contributed by atoms with Crippen molar-refractivity contribution in [2.75, 3.05) is 7.11 Å². The van der Waals surface area contributed by atoms with Gasteiger partial charge >= 0.3 is 5.97 Å². The van der Waals surface area contributed by atoms with Crippen LogP contribution < -0.4 is 0 Å². The molecule has 0 aromatic carbocycles. The minimum absolute atomic E-state index is 0.0667. The highest BCUT2D eigenvalue weighted by molar-refractivity contribution is 7.13. The fourth-order valence-electron chi connectivity index (χ4n) is 1.77. The number of aromatic nitrogens is 2. The lowest BCUT2D eigenvalue weighted by atomic mass is 10.2. The molecule has 3 heterocycles. The Morgan fingerprint density at radius 3 is 3.05 bits per heavy atom. The second-order valence-electron chi connectivity index (χ2n) is 4.09. The number of thiophene rings is 1. The Hall–Kier alpha value is -2.45. The lowest BCUT2D eigenvalue weighted by Gasteiger charge is -1.90. The molecule has 3 aromatic heterocycles. The summed E-state index contributed by atoms with van der Waals surface area (Å²) >= 11 is 1.41. The Kier molecular flexibility index (Phi) is 3.55. The van der Waals surface area contributed by atoms with Crippen molar-refractivity contribution < 1.29 is 23.6 Å². The van der Waals surface area contributed by atoms with E-state index in [1.165, 1.54) is 18.4 Å². The number of carboxylic acids is 1. The van der Waals surface area contributed by atoms with E-state index in [4.69, 9.17) is 13.7 Å². The van der Waals surface area contributed by atoms with E-state index in [-0.39, 0.29) is 29.6 Å². The van der Waals surface area contributed by atoms with Crippen LogP contribution in [0.3, 0.4) is 0 Å². The van der Waals surface area contributed by atoms with Crippen molar-refractivity contribution >= 4 is 17.3 Å².